The lowest BCUT2D eigenvalue weighted by Crippen LogP contribution is -2.42. The smallest absolute Gasteiger partial charge is 0.214 e. The Bertz CT molecular complexity index is 848. The van der Waals surface area contributed by atoms with Crippen LogP contribution in [0.4, 0.5) is 0 Å². The van der Waals surface area contributed by atoms with E-state index in [1.165, 1.54) is 11.8 Å². The molecule has 0 spiro atoms. The summed E-state index contributed by atoms with van der Waals surface area (Å²) in [6, 6.07) is 8.02. The third-order valence-corrected chi connectivity index (χ3v) is 4.80. The van der Waals surface area contributed by atoms with E-state index in [-0.39, 0.29) is 35.8 Å². The highest BCUT2D eigenvalue weighted by molar-refractivity contribution is 14.0. The molecule has 1 unspecified atom stereocenters. The molecule has 150 valence electrons. The van der Waals surface area contributed by atoms with Gasteiger partial charge in [0.25, 0.3) is 0 Å². The highest BCUT2D eigenvalue weighted by Crippen LogP contribution is 2.20. The van der Waals surface area contributed by atoms with Crippen LogP contribution in [0.25, 0.3) is 11.3 Å². The van der Waals surface area contributed by atoms with Gasteiger partial charge in [-0.25, -0.2) is 13.4 Å². The highest BCUT2D eigenvalue weighted by atomic mass is 127. The first-order chi connectivity index (χ1) is 12.3. The summed E-state index contributed by atoms with van der Waals surface area (Å²) < 4.78 is 28.3. The van der Waals surface area contributed by atoms with Crippen molar-refractivity contribution in [3.63, 3.8) is 0 Å². The fourth-order valence-electron chi connectivity index (χ4n) is 2.29. The fraction of sp³-hybridized carbons (Fsp3) is 0.444. The molecule has 0 aliphatic carbocycles. The minimum Gasteiger partial charge on any atom is -0.439 e. The van der Waals surface area contributed by atoms with E-state index in [9.17, 15) is 8.42 Å². The summed E-state index contributed by atoms with van der Waals surface area (Å²) in [4.78, 5) is 8.42. The number of oxazole rings is 1. The van der Waals surface area contributed by atoms with Crippen LogP contribution in [-0.2, 0) is 16.4 Å². The number of nitrogens with zero attached hydrogens (tertiary/aromatic N) is 2. The Hall–Kier alpha value is -1.62. The molecule has 0 saturated heterocycles. The van der Waals surface area contributed by atoms with Gasteiger partial charge < -0.3 is 15.1 Å². The quantitative estimate of drug-likeness (QED) is 0.341. The van der Waals surface area contributed by atoms with Crippen molar-refractivity contribution in [1.82, 2.24) is 15.6 Å². The zero-order chi connectivity index (χ0) is 19.2. The van der Waals surface area contributed by atoms with Crippen molar-refractivity contribution in [2.75, 3.05) is 19.1 Å². The lowest BCUT2D eigenvalue weighted by Gasteiger charge is -2.16. The average molecular weight is 506 g/mol. The minimum atomic E-state index is -2.97. The van der Waals surface area contributed by atoms with Crippen molar-refractivity contribution < 1.29 is 12.8 Å². The van der Waals surface area contributed by atoms with Crippen LogP contribution in [0.15, 0.2) is 39.9 Å². The summed E-state index contributed by atoms with van der Waals surface area (Å²) in [5.74, 6) is 1.97. The highest BCUT2D eigenvalue weighted by Gasteiger charge is 2.11. The summed E-state index contributed by atoms with van der Waals surface area (Å²) in [7, 11) is -1.31. The molecular weight excluding hydrogens is 479 g/mol. The monoisotopic (exact) mass is 506 g/mol. The van der Waals surface area contributed by atoms with Gasteiger partial charge >= 0.3 is 0 Å². The van der Waals surface area contributed by atoms with Crippen molar-refractivity contribution >= 4 is 39.8 Å². The van der Waals surface area contributed by atoms with Crippen LogP contribution in [0.5, 0.6) is 0 Å². The zero-order valence-corrected chi connectivity index (χ0v) is 19.2. The summed E-state index contributed by atoms with van der Waals surface area (Å²) in [5, 5.41) is 6.28. The number of nitrogens with one attached hydrogen (secondary N) is 2. The summed E-state index contributed by atoms with van der Waals surface area (Å²) in [6.45, 7) is 4.33. The molecule has 0 aliphatic rings. The molecule has 0 amide bonds. The lowest BCUT2D eigenvalue weighted by molar-refractivity contribution is 0.495. The van der Waals surface area contributed by atoms with E-state index in [2.05, 4.69) is 20.6 Å². The number of aliphatic imine (C=N–C) groups is 1. The SMILES string of the molecule is CN=C(NCc1ncc(-c2ccc(C)cc2)o1)NC(C)CCS(C)(=O)=O.I. The van der Waals surface area contributed by atoms with E-state index in [0.717, 1.165) is 5.56 Å². The number of benzene rings is 1. The Labute approximate surface area is 178 Å². The molecule has 27 heavy (non-hydrogen) atoms. The predicted molar refractivity (Wildman–Crippen MR) is 119 cm³/mol. The zero-order valence-electron chi connectivity index (χ0n) is 16.0. The van der Waals surface area contributed by atoms with E-state index in [1.54, 1.807) is 13.2 Å². The normalized spacial score (nSPS) is 13.0. The van der Waals surface area contributed by atoms with Crippen LogP contribution in [0, 0.1) is 6.92 Å². The van der Waals surface area contributed by atoms with Crippen LogP contribution in [-0.4, -0.2) is 44.5 Å². The topological polar surface area (TPSA) is 96.6 Å². The van der Waals surface area contributed by atoms with Crippen LogP contribution >= 0.6 is 24.0 Å². The van der Waals surface area contributed by atoms with Gasteiger partial charge in [-0.3, -0.25) is 4.99 Å². The first-order valence-electron chi connectivity index (χ1n) is 8.43. The van der Waals surface area contributed by atoms with Gasteiger partial charge in [0.1, 0.15) is 9.84 Å². The molecule has 0 radical (unpaired) electrons. The minimum absolute atomic E-state index is 0. The van der Waals surface area contributed by atoms with Gasteiger partial charge in [0, 0.05) is 24.9 Å². The molecule has 0 bridgehead atoms. The molecule has 1 aromatic carbocycles. The maximum atomic E-state index is 11.2. The van der Waals surface area contributed by atoms with Gasteiger partial charge in [0.2, 0.25) is 5.89 Å². The Morgan fingerprint density at radius 2 is 1.96 bits per heavy atom. The molecule has 7 nitrogen and oxygen atoms in total. The molecule has 2 N–H and O–H groups in total. The van der Waals surface area contributed by atoms with Gasteiger partial charge in [0.05, 0.1) is 18.5 Å². The van der Waals surface area contributed by atoms with Gasteiger partial charge in [-0.05, 0) is 20.3 Å². The van der Waals surface area contributed by atoms with Crippen molar-refractivity contribution in [3.8, 4) is 11.3 Å². The number of sulfone groups is 1. The Kier molecular flexibility index (Phi) is 9.23. The first-order valence-corrected chi connectivity index (χ1v) is 10.5. The average Bonchev–Trinajstić information content (AvgIpc) is 3.05. The molecule has 1 aromatic heterocycles. The standard InChI is InChI=1S/C18H26N4O3S.HI/c1-13-5-7-15(8-6-13)16-11-20-17(25-16)12-21-18(19-3)22-14(2)9-10-26(4,23)24;/h5-8,11,14H,9-10,12H2,1-4H3,(H2,19,21,22);1H. The Morgan fingerprint density at radius 3 is 2.56 bits per heavy atom. The van der Waals surface area contributed by atoms with Crippen molar-refractivity contribution in [1.29, 1.82) is 0 Å². The number of rotatable bonds is 7. The van der Waals surface area contributed by atoms with Crippen LogP contribution in [0.1, 0.15) is 24.8 Å². The van der Waals surface area contributed by atoms with Crippen molar-refractivity contribution in [3.05, 3.63) is 41.9 Å². The first kappa shape index (κ1) is 23.4. The third kappa shape index (κ3) is 8.29. The van der Waals surface area contributed by atoms with Crippen molar-refractivity contribution in [2.45, 2.75) is 32.9 Å². The molecule has 1 atom stereocenters. The fourth-order valence-corrected chi connectivity index (χ4v) is 3.08. The Balaban J connectivity index is 0.00000364. The van der Waals surface area contributed by atoms with Crippen molar-refractivity contribution in [2.24, 2.45) is 4.99 Å². The molecule has 2 aromatic rings. The number of halogens is 1. The third-order valence-electron chi connectivity index (χ3n) is 3.83. The molecule has 1 heterocycles. The number of aromatic nitrogens is 1. The number of aryl methyl sites for hydroxylation is 1. The summed E-state index contributed by atoms with van der Waals surface area (Å²) in [6.07, 6.45) is 3.45. The summed E-state index contributed by atoms with van der Waals surface area (Å²) in [5.41, 5.74) is 2.17. The van der Waals surface area contributed by atoms with E-state index in [0.29, 0.717) is 30.6 Å². The van der Waals surface area contributed by atoms with Crippen LogP contribution in [0.2, 0.25) is 0 Å². The van der Waals surface area contributed by atoms with Crippen LogP contribution < -0.4 is 10.6 Å². The van der Waals surface area contributed by atoms with Gasteiger partial charge in [-0.15, -0.1) is 24.0 Å². The summed E-state index contributed by atoms with van der Waals surface area (Å²) >= 11 is 0. The van der Waals surface area contributed by atoms with E-state index < -0.39 is 9.84 Å². The maximum absolute atomic E-state index is 11.2. The predicted octanol–water partition coefficient (Wildman–Crippen LogP) is 2.76. The molecule has 0 saturated carbocycles. The Morgan fingerprint density at radius 1 is 1.30 bits per heavy atom. The number of guanidine groups is 1. The number of hydrogen-bond acceptors (Lipinski definition) is 5. The molecular formula is C18H27IN4O3S. The largest absolute Gasteiger partial charge is 0.439 e. The number of hydrogen-bond donors (Lipinski definition) is 2. The second-order valence-electron chi connectivity index (χ2n) is 6.37. The second kappa shape index (κ2) is 10.6. The lowest BCUT2D eigenvalue weighted by atomic mass is 10.1. The van der Waals surface area contributed by atoms with E-state index in [4.69, 9.17) is 4.42 Å². The second-order valence-corrected chi connectivity index (χ2v) is 8.63. The van der Waals surface area contributed by atoms with Gasteiger partial charge in [0.15, 0.2) is 11.7 Å². The van der Waals surface area contributed by atoms with Crippen LogP contribution in [0.3, 0.4) is 0 Å². The molecule has 0 aliphatic heterocycles. The van der Waals surface area contributed by atoms with Gasteiger partial charge in [-0.2, -0.15) is 0 Å². The van der Waals surface area contributed by atoms with Gasteiger partial charge in [-0.1, -0.05) is 29.8 Å². The molecule has 9 heteroatoms. The molecule has 0 fully saturated rings. The molecule has 2 rings (SSSR count). The maximum Gasteiger partial charge on any atom is 0.214 e. The van der Waals surface area contributed by atoms with E-state index >= 15 is 0 Å². The van der Waals surface area contributed by atoms with E-state index in [1.807, 2.05) is 38.1 Å².